The number of anilines is 1. The molecule has 5 nitrogen and oxygen atoms in total. The Hall–Kier alpha value is -3.77. The van der Waals surface area contributed by atoms with E-state index in [2.05, 4.69) is 21.2 Å². The van der Waals surface area contributed by atoms with Crippen molar-refractivity contribution in [3.8, 4) is 16.9 Å². The number of aromatic nitrogens is 3. The van der Waals surface area contributed by atoms with E-state index in [-0.39, 0.29) is 5.91 Å². The fourth-order valence-electron chi connectivity index (χ4n) is 3.89. The molecule has 6 heteroatoms. The minimum atomic E-state index is -0.197. The second kappa shape index (κ2) is 8.64. The quantitative estimate of drug-likeness (QED) is 0.300. The molecule has 0 unspecified atom stereocenters. The van der Waals surface area contributed by atoms with Gasteiger partial charge in [0, 0.05) is 15.7 Å². The van der Waals surface area contributed by atoms with E-state index in [0.717, 1.165) is 43.7 Å². The molecule has 5 aromatic rings. The van der Waals surface area contributed by atoms with Gasteiger partial charge in [0.05, 0.1) is 28.0 Å². The van der Waals surface area contributed by atoms with E-state index in [4.69, 9.17) is 10.1 Å². The number of pyridine rings is 1. The third-order valence-corrected chi connectivity index (χ3v) is 6.43. The van der Waals surface area contributed by atoms with Crippen molar-refractivity contribution >= 4 is 38.6 Å². The number of hydrogen-bond donors (Lipinski definition) is 1. The van der Waals surface area contributed by atoms with Crippen molar-refractivity contribution in [3.05, 3.63) is 106 Å². The number of nitrogens with one attached hydrogen (secondary N) is 1. The number of carbonyl (C=O) groups excluding carboxylic acids is 1. The Bertz CT molecular complexity index is 1480. The standard InChI is InChI=1S/C27H21BrN4O/c1-17-15-20(13-14-23(17)28)29-27(33)22-16-24(19-9-5-3-6-10-19)30-26-25(22)18(2)31-32(26)21-11-7-4-8-12-21/h3-16H,1-2H3,(H,29,33). The van der Waals surface area contributed by atoms with Crippen LogP contribution in [0.1, 0.15) is 21.6 Å². The van der Waals surface area contributed by atoms with Gasteiger partial charge in [0.15, 0.2) is 5.65 Å². The molecule has 0 atom stereocenters. The van der Waals surface area contributed by atoms with Gasteiger partial charge >= 0.3 is 0 Å². The van der Waals surface area contributed by atoms with Crippen molar-refractivity contribution in [2.45, 2.75) is 13.8 Å². The predicted molar refractivity (Wildman–Crippen MR) is 136 cm³/mol. The summed E-state index contributed by atoms with van der Waals surface area (Å²) in [5.41, 5.74) is 6.27. The van der Waals surface area contributed by atoms with Crippen LogP contribution in [-0.2, 0) is 0 Å². The summed E-state index contributed by atoms with van der Waals surface area (Å²) in [5, 5.41) is 8.53. The third kappa shape index (κ3) is 4.05. The third-order valence-electron chi connectivity index (χ3n) is 5.54. The smallest absolute Gasteiger partial charge is 0.256 e. The number of carbonyl (C=O) groups is 1. The molecule has 1 N–H and O–H groups in total. The SMILES string of the molecule is Cc1cc(NC(=O)c2cc(-c3ccccc3)nc3c2c(C)nn3-c2ccccc2)ccc1Br. The van der Waals surface area contributed by atoms with Crippen molar-refractivity contribution in [3.63, 3.8) is 0 Å². The molecule has 0 spiro atoms. The molecule has 0 fully saturated rings. The molecule has 0 bridgehead atoms. The molecule has 0 radical (unpaired) electrons. The highest BCUT2D eigenvalue weighted by Crippen LogP contribution is 2.30. The van der Waals surface area contributed by atoms with Crippen LogP contribution in [0.15, 0.2) is 89.4 Å². The van der Waals surface area contributed by atoms with E-state index in [0.29, 0.717) is 11.2 Å². The van der Waals surface area contributed by atoms with Gasteiger partial charge in [-0.1, -0.05) is 64.5 Å². The lowest BCUT2D eigenvalue weighted by molar-refractivity contribution is 0.102. The zero-order valence-corrected chi connectivity index (χ0v) is 19.8. The summed E-state index contributed by atoms with van der Waals surface area (Å²) < 4.78 is 2.80. The van der Waals surface area contributed by atoms with Gasteiger partial charge in [-0.15, -0.1) is 0 Å². The number of hydrogen-bond acceptors (Lipinski definition) is 3. The summed E-state index contributed by atoms with van der Waals surface area (Å²) >= 11 is 3.51. The summed E-state index contributed by atoms with van der Waals surface area (Å²) in [6, 6.07) is 27.3. The summed E-state index contributed by atoms with van der Waals surface area (Å²) in [5.74, 6) is -0.197. The molecular formula is C27H21BrN4O. The fourth-order valence-corrected chi connectivity index (χ4v) is 4.14. The second-order valence-electron chi connectivity index (χ2n) is 7.87. The molecule has 0 aliphatic heterocycles. The number of rotatable bonds is 4. The van der Waals surface area contributed by atoms with Gasteiger partial charge in [-0.05, 0) is 55.8 Å². The largest absolute Gasteiger partial charge is 0.322 e. The normalized spacial score (nSPS) is 11.0. The number of amides is 1. The van der Waals surface area contributed by atoms with Crippen LogP contribution in [0.25, 0.3) is 28.0 Å². The molecule has 1 amide bonds. The van der Waals surface area contributed by atoms with Crippen LogP contribution >= 0.6 is 15.9 Å². The van der Waals surface area contributed by atoms with Crippen LogP contribution < -0.4 is 5.32 Å². The molecule has 2 aromatic heterocycles. The lowest BCUT2D eigenvalue weighted by Crippen LogP contribution is -2.13. The average Bonchev–Trinajstić information content (AvgIpc) is 3.18. The minimum Gasteiger partial charge on any atom is -0.322 e. The molecular weight excluding hydrogens is 476 g/mol. The van der Waals surface area contributed by atoms with Gasteiger partial charge in [-0.2, -0.15) is 5.10 Å². The maximum atomic E-state index is 13.5. The molecule has 0 aliphatic rings. The Morgan fingerprint density at radius 3 is 2.30 bits per heavy atom. The number of nitrogens with zero attached hydrogens (tertiary/aromatic N) is 3. The summed E-state index contributed by atoms with van der Waals surface area (Å²) in [6.45, 7) is 3.90. The van der Waals surface area contributed by atoms with Crippen LogP contribution in [0.4, 0.5) is 5.69 Å². The van der Waals surface area contributed by atoms with Gasteiger partial charge in [-0.3, -0.25) is 4.79 Å². The van der Waals surface area contributed by atoms with E-state index >= 15 is 0 Å². The van der Waals surface area contributed by atoms with Gasteiger partial charge in [0.25, 0.3) is 5.91 Å². The Morgan fingerprint density at radius 1 is 0.909 bits per heavy atom. The molecule has 2 heterocycles. The first-order valence-corrected chi connectivity index (χ1v) is 11.4. The zero-order valence-electron chi connectivity index (χ0n) is 18.2. The van der Waals surface area contributed by atoms with E-state index in [1.165, 1.54) is 0 Å². The Kier molecular flexibility index (Phi) is 5.52. The van der Waals surface area contributed by atoms with Gasteiger partial charge in [0.1, 0.15) is 0 Å². The van der Waals surface area contributed by atoms with E-state index in [9.17, 15) is 4.79 Å². The molecule has 0 aliphatic carbocycles. The Morgan fingerprint density at radius 2 is 1.61 bits per heavy atom. The molecule has 33 heavy (non-hydrogen) atoms. The van der Waals surface area contributed by atoms with Gasteiger partial charge < -0.3 is 5.32 Å². The van der Waals surface area contributed by atoms with E-state index in [1.807, 2.05) is 98.8 Å². The van der Waals surface area contributed by atoms with Gasteiger partial charge in [-0.25, -0.2) is 9.67 Å². The number of fused-ring (bicyclic) bond motifs is 1. The Labute approximate surface area is 200 Å². The summed E-state index contributed by atoms with van der Waals surface area (Å²) in [6.07, 6.45) is 0. The fraction of sp³-hybridized carbons (Fsp3) is 0.0741. The molecule has 3 aromatic carbocycles. The topological polar surface area (TPSA) is 59.8 Å². The first-order chi connectivity index (χ1) is 16.0. The minimum absolute atomic E-state index is 0.197. The summed E-state index contributed by atoms with van der Waals surface area (Å²) in [4.78, 5) is 18.5. The number of aryl methyl sites for hydroxylation is 2. The highest BCUT2D eigenvalue weighted by atomic mass is 79.9. The van der Waals surface area contributed by atoms with Crippen LogP contribution in [0.5, 0.6) is 0 Å². The van der Waals surface area contributed by atoms with Gasteiger partial charge in [0.2, 0.25) is 0 Å². The molecule has 0 saturated heterocycles. The average molecular weight is 497 g/mol. The van der Waals surface area contributed by atoms with Crippen LogP contribution in [0.3, 0.4) is 0 Å². The van der Waals surface area contributed by atoms with Crippen molar-refractivity contribution in [1.29, 1.82) is 0 Å². The molecule has 5 rings (SSSR count). The highest BCUT2D eigenvalue weighted by Gasteiger charge is 2.21. The maximum Gasteiger partial charge on any atom is 0.256 e. The van der Waals surface area contributed by atoms with Crippen molar-refractivity contribution < 1.29 is 4.79 Å². The number of benzene rings is 3. The molecule has 0 saturated carbocycles. The Balaban J connectivity index is 1.70. The number of para-hydroxylation sites is 1. The lowest BCUT2D eigenvalue weighted by atomic mass is 10.0. The van der Waals surface area contributed by atoms with Crippen molar-refractivity contribution in [2.24, 2.45) is 0 Å². The van der Waals surface area contributed by atoms with Crippen LogP contribution in [0, 0.1) is 13.8 Å². The van der Waals surface area contributed by atoms with E-state index < -0.39 is 0 Å². The van der Waals surface area contributed by atoms with E-state index in [1.54, 1.807) is 4.68 Å². The van der Waals surface area contributed by atoms with Crippen LogP contribution in [0.2, 0.25) is 0 Å². The predicted octanol–water partition coefficient (Wildman–Crippen LogP) is 6.72. The first-order valence-electron chi connectivity index (χ1n) is 10.6. The monoisotopic (exact) mass is 496 g/mol. The second-order valence-corrected chi connectivity index (χ2v) is 8.72. The first kappa shape index (κ1) is 21.1. The zero-order chi connectivity index (χ0) is 22.9. The lowest BCUT2D eigenvalue weighted by Gasteiger charge is -2.11. The highest BCUT2D eigenvalue weighted by molar-refractivity contribution is 9.10. The maximum absolute atomic E-state index is 13.5. The summed E-state index contributed by atoms with van der Waals surface area (Å²) in [7, 11) is 0. The number of halogens is 1. The van der Waals surface area contributed by atoms with Crippen molar-refractivity contribution in [1.82, 2.24) is 14.8 Å². The van der Waals surface area contributed by atoms with Crippen LogP contribution in [-0.4, -0.2) is 20.7 Å². The van der Waals surface area contributed by atoms with Crippen molar-refractivity contribution in [2.75, 3.05) is 5.32 Å². The molecule has 162 valence electrons.